The summed E-state index contributed by atoms with van der Waals surface area (Å²) in [5.74, 6) is -0.255. The van der Waals surface area contributed by atoms with Crippen LogP contribution in [0.25, 0.3) is 11.1 Å². The summed E-state index contributed by atoms with van der Waals surface area (Å²) in [5, 5.41) is 26.8. The molecule has 35 heavy (non-hydrogen) atoms. The van der Waals surface area contributed by atoms with Gasteiger partial charge in [-0.2, -0.15) is 10.2 Å². The molecule has 0 radical (unpaired) electrons. The van der Waals surface area contributed by atoms with Crippen LogP contribution >= 0.6 is 0 Å². The highest BCUT2D eigenvalue weighted by Crippen LogP contribution is 2.35. The van der Waals surface area contributed by atoms with Crippen molar-refractivity contribution in [1.29, 1.82) is 0 Å². The van der Waals surface area contributed by atoms with Gasteiger partial charge in [0.2, 0.25) is 5.91 Å². The third-order valence-corrected chi connectivity index (χ3v) is 7.14. The molecule has 0 bridgehead atoms. The zero-order valence-corrected chi connectivity index (χ0v) is 20.7. The Labute approximate surface area is 205 Å². The molecule has 0 aliphatic heterocycles. The number of aromatic amines is 1. The van der Waals surface area contributed by atoms with Crippen molar-refractivity contribution in [3.05, 3.63) is 53.6 Å². The number of nitrogens with zero attached hydrogens (tertiary/aromatic N) is 3. The van der Waals surface area contributed by atoms with E-state index in [4.69, 9.17) is 0 Å². The second-order valence-corrected chi connectivity index (χ2v) is 9.57. The number of amides is 2. The number of hydrogen-bond donors (Lipinski definition) is 4. The molecular formula is C26H34N6O3. The third-order valence-electron chi connectivity index (χ3n) is 7.14. The predicted octanol–water partition coefficient (Wildman–Crippen LogP) is 3.62. The summed E-state index contributed by atoms with van der Waals surface area (Å²) in [7, 11) is 0. The Morgan fingerprint density at radius 2 is 1.89 bits per heavy atom. The Bertz CT molecular complexity index is 1160. The van der Waals surface area contributed by atoms with Gasteiger partial charge in [-0.25, -0.2) is 0 Å². The number of aliphatic hydroxyl groups is 1. The van der Waals surface area contributed by atoms with Gasteiger partial charge in [-0.3, -0.25) is 19.4 Å². The second-order valence-electron chi connectivity index (χ2n) is 9.57. The largest absolute Gasteiger partial charge is 0.394 e. The van der Waals surface area contributed by atoms with E-state index >= 15 is 0 Å². The van der Waals surface area contributed by atoms with Crippen molar-refractivity contribution in [3.63, 3.8) is 0 Å². The lowest BCUT2D eigenvalue weighted by atomic mass is 9.73. The summed E-state index contributed by atoms with van der Waals surface area (Å²) in [4.78, 5) is 26.5. The Hall–Kier alpha value is -3.46. The molecule has 1 unspecified atom stereocenters. The number of hydrogen-bond acceptors (Lipinski definition) is 5. The van der Waals surface area contributed by atoms with Gasteiger partial charge in [-0.05, 0) is 56.4 Å². The molecule has 2 aromatic heterocycles. The molecule has 186 valence electrons. The Morgan fingerprint density at radius 1 is 1.17 bits per heavy atom. The first-order valence-corrected chi connectivity index (χ1v) is 12.2. The lowest BCUT2D eigenvalue weighted by molar-refractivity contribution is -0.119. The van der Waals surface area contributed by atoms with Crippen LogP contribution in [-0.4, -0.2) is 49.5 Å². The predicted molar refractivity (Wildman–Crippen MR) is 134 cm³/mol. The maximum absolute atomic E-state index is 13.4. The molecule has 3 aromatic rings. The molecule has 1 aromatic carbocycles. The molecule has 1 aliphatic rings. The van der Waals surface area contributed by atoms with E-state index in [2.05, 4.69) is 25.9 Å². The molecule has 2 heterocycles. The van der Waals surface area contributed by atoms with Crippen LogP contribution in [0.4, 0.5) is 5.69 Å². The van der Waals surface area contributed by atoms with Crippen LogP contribution in [0.2, 0.25) is 0 Å². The molecule has 4 rings (SSSR count). The van der Waals surface area contributed by atoms with Crippen LogP contribution in [0.15, 0.2) is 36.5 Å². The Kier molecular flexibility index (Phi) is 7.35. The Morgan fingerprint density at radius 3 is 2.46 bits per heavy atom. The van der Waals surface area contributed by atoms with Gasteiger partial charge >= 0.3 is 0 Å². The summed E-state index contributed by atoms with van der Waals surface area (Å²) in [6.45, 7) is 7.60. The first-order chi connectivity index (χ1) is 16.8. The van der Waals surface area contributed by atoms with Crippen molar-refractivity contribution in [3.8, 4) is 11.1 Å². The fraction of sp³-hybridized carbons (Fsp3) is 0.462. The van der Waals surface area contributed by atoms with E-state index in [9.17, 15) is 14.7 Å². The standard InChI is InChI=1S/C26H34N6O3/c1-15(14-33)32-22(12-13-27-32)25(34)29-24(16(2)19-6-5-7-19)26(35)28-21-10-8-20(9-11-21)23-17(3)30-31-18(23)4/h8-13,15-16,19,24,33H,5-7,14H2,1-4H3,(H,28,35)(H,29,34)(H,30,31)/t15-,16?,24-/m0/s1. The molecule has 3 atom stereocenters. The van der Waals surface area contributed by atoms with Crippen LogP contribution in [-0.2, 0) is 4.79 Å². The normalized spacial score (nSPS) is 16.3. The molecule has 9 heteroatoms. The van der Waals surface area contributed by atoms with Gasteiger partial charge < -0.3 is 15.7 Å². The number of aliphatic hydroxyl groups excluding tert-OH is 1. The number of carbonyl (C=O) groups is 2. The van der Waals surface area contributed by atoms with Crippen LogP contribution in [0.5, 0.6) is 0 Å². The number of nitrogens with one attached hydrogen (secondary N) is 3. The molecule has 0 spiro atoms. The summed E-state index contributed by atoms with van der Waals surface area (Å²) < 4.78 is 1.48. The highest BCUT2D eigenvalue weighted by atomic mass is 16.3. The maximum Gasteiger partial charge on any atom is 0.270 e. The third kappa shape index (κ3) is 5.14. The van der Waals surface area contributed by atoms with Crippen LogP contribution < -0.4 is 10.6 Å². The van der Waals surface area contributed by atoms with Crippen molar-refractivity contribution in [1.82, 2.24) is 25.3 Å². The highest BCUT2D eigenvalue weighted by Gasteiger charge is 2.36. The smallest absolute Gasteiger partial charge is 0.270 e. The average molecular weight is 479 g/mol. The lowest BCUT2D eigenvalue weighted by Gasteiger charge is -2.36. The van der Waals surface area contributed by atoms with Gasteiger partial charge in [0.25, 0.3) is 5.91 Å². The van der Waals surface area contributed by atoms with E-state index in [1.165, 1.54) is 10.9 Å². The van der Waals surface area contributed by atoms with E-state index in [0.29, 0.717) is 17.3 Å². The minimum absolute atomic E-state index is 0.0187. The topological polar surface area (TPSA) is 125 Å². The molecule has 2 amide bonds. The molecular weight excluding hydrogens is 444 g/mol. The quantitative estimate of drug-likeness (QED) is 0.374. The summed E-state index contributed by atoms with van der Waals surface area (Å²) >= 11 is 0. The minimum Gasteiger partial charge on any atom is -0.394 e. The monoisotopic (exact) mass is 478 g/mol. The van der Waals surface area contributed by atoms with Crippen molar-refractivity contribution >= 4 is 17.5 Å². The molecule has 4 N–H and O–H groups in total. The molecule has 0 saturated heterocycles. The van der Waals surface area contributed by atoms with E-state index in [-0.39, 0.29) is 30.4 Å². The first kappa shape index (κ1) is 24.7. The summed E-state index contributed by atoms with van der Waals surface area (Å²) in [6, 6.07) is 8.20. The number of aromatic nitrogens is 4. The van der Waals surface area contributed by atoms with E-state index in [1.807, 2.05) is 45.0 Å². The van der Waals surface area contributed by atoms with Crippen LogP contribution in [0, 0.1) is 25.7 Å². The zero-order valence-electron chi connectivity index (χ0n) is 20.7. The van der Waals surface area contributed by atoms with Gasteiger partial charge in [0, 0.05) is 23.1 Å². The number of benzene rings is 1. The van der Waals surface area contributed by atoms with Crippen LogP contribution in [0.1, 0.15) is 61.0 Å². The van der Waals surface area contributed by atoms with Crippen molar-refractivity contribution in [2.24, 2.45) is 11.8 Å². The van der Waals surface area contributed by atoms with Gasteiger partial charge in [-0.1, -0.05) is 38.3 Å². The molecule has 9 nitrogen and oxygen atoms in total. The summed E-state index contributed by atoms with van der Waals surface area (Å²) in [5.41, 5.74) is 4.97. The van der Waals surface area contributed by atoms with Gasteiger partial charge in [0.1, 0.15) is 11.7 Å². The number of carbonyl (C=O) groups excluding carboxylic acids is 2. The van der Waals surface area contributed by atoms with Gasteiger partial charge in [0.15, 0.2) is 0 Å². The summed E-state index contributed by atoms with van der Waals surface area (Å²) in [6.07, 6.45) is 4.78. The van der Waals surface area contributed by atoms with E-state index < -0.39 is 6.04 Å². The number of anilines is 1. The number of aryl methyl sites for hydroxylation is 2. The first-order valence-electron chi connectivity index (χ1n) is 12.2. The van der Waals surface area contributed by atoms with Crippen LogP contribution in [0.3, 0.4) is 0 Å². The maximum atomic E-state index is 13.4. The van der Waals surface area contributed by atoms with Gasteiger partial charge in [-0.15, -0.1) is 0 Å². The highest BCUT2D eigenvalue weighted by molar-refractivity contribution is 6.00. The van der Waals surface area contributed by atoms with E-state index in [0.717, 1.165) is 41.8 Å². The van der Waals surface area contributed by atoms with Crippen molar-refractivity contribution in [2.45, 2.75) is 59.0 Å². The fourth-order valence-electron chi connectivity index (χ4n) is 4.73. The average Bonchev–Trinajstić information content (AvgIpc) is 3.43. The second kappa shape index (κ2) is 10.4. The van der Waals surface area contributed by atoms with Crippen molar-refractivity contribution < 1.29 is 14.7 Å². The SMILES string of the molecule is Cc1n[nH]c(C)c1-c1ccc(NC(=O)[C@@H](NC(=O)c2ccnn2[C@@H](C)CO)C(C)C2CCC2)cc1. The molecule has 1 saturated carbocycles. The van der Waals surface area contributed by atoms with Crippen molar-refractivity contribution in [2.75, 3.05) is 11.9 Å². The molecule has 1 fully saturated rings. The Balaban J connectivity index is 1.51. The fourth-order valence-corrected chi connectivity index (χ4v) is 4.73. The minimum atomic E-state index is -0.696. The molecule has 1 aliphatic carbocycles. The van der Waals surface area contributed by atoms with E-state index in [1.54, 1.807) is 13.0 Å². The van der Waals surface area contributed by atoms with Gasteiger partial charge in [0.05, 0.1) is 18.3 Å². The zero-order chi connectivity index (χ0) is 25.1. The lowest BCUT2D eigenvalue weighted by Crippen LogP contribution is -2.51. The number of rotatable bonds is 9. The number of H-pyrrole nitrogens is 1.